The van der Waals surface area contributed by atoms with Gasteiger partial charge in [-0.15, -0.1) is 0 Å². The first-order valence-electron chi connectivity index (χ1n) is 8.80. The lowest BCUT2D eigenvalue weighted by Crippen LogP contribution is -2.46. The zero-order valence-corrected chi connectivity index (χ0v) is 14.2. The van der Waals surface area contributed by atoms with Crippen LogP contribution in [0, 0.1) is 5.92 Å². The average Bonchev–Trinajstić information content (AvgIpc) is 3.10. The van der Waals surface area contributed by atoms with Gasteiger partial charge in [-0.1, -0.05) is 19.4 Å². The quantitative estimate of drug-likeness (QED) is 0.630. The van der Waals surface area contributed by atoms with E-state index >= 15 is 0 Å². The third-order valence-electron chi connectivity index (χ3n) is 4.55. The molecule has 1 fully saturated rings. The van der Waals surface area contributed by atoms with Crippen molar-refractivity contribution < 1.29 is 9.59 Å². The van der Waals surface area contributed by atoms with Crippen molar-refractivity contribution in [1.82, 2.24) is 10.2 Å². The molecule has 0 radical (unpaired) electrons. The second kappa shape index (κ2) is 9.37. The molecule has 2 aliphatic rings. The smallest absolute Gasteiger partial charge is 0.223 e. The number of carbonyl (C=O) groups is 2. The normalized spacial score (nSPS) is 18.9. The van der Waals surface area contributed by atoms with Gasteiger partial charge in [-0.3, -0.25) is 9.59 Å². The maximum atomic E-state index is 12.6. The van der Waals surface area contributed by atoms with E-state index in [1.54, 1.807) is 23.5 Å². The van der Waals surface area contributed by atoms with E-state index in [4.69, 9.17) is 5.73 Å². The van der Waals surface area contributed by atoms with Crippen LogP contribution in [0.2, 0.25) is 0 Å². The molecule has 1 aliphatic heterocycles. The monoisotopic (exact) mass is 332 g/mol. The van der Waals surface area contributed by atoms with Gasteiger partial charge in [-0.25, -0.2) is 4.99 Å². The van der Waals surface area contributed by atoms with Crippen molar-refractivity contribution in [2.75, 3.05) is 13.1 Å². The van der Waals surface area contributed by atoms with Crippen LogP contribution in [-0.4, -0.2) is 42.1 Å². The molecule has 0 aromatic carbocycles. The van der Waals surface area contributed by atoms with Gasteiger partial charge in [0.15, 0.2) is 5.78 Å². The Hall–Kier alpha value is -1.95. The highest BCUT2D eigenvalue weighted by atomic mass is 16.2. The van der Waals surface area contributed by atoms with Gasteiger partial charge in [-0.2, -0.15) is 0 Å². The van der Waals surface area contributed by atoms with Gasteiger partial charge in [0.25, 0.3) is 0 Å². The average molecular weight is 332 g/mol. The summed E-state index contributed by atoms with van der Waals surface area (Å²) in [4.78, 5) is 30.8. The predicted octanol–water partition coefficient (Wildman–Crippen LogP) is 1.73. The zero-order valence-electron chi connectivity index (χ0n) is 14.2. The SMILES string of the molecule is C=C1C=CN(CC(=O)C(CCCCN)NC(=O)C2CCCC2)C=N1. The number of rotatable bonds is 9. The molecule has 1 heterocycles. The maximum absolute atomic E-state index is 12.6. The molecule has 6 nitrogen and oxygen atoms in total. The molecule has 1 unspecified atom stereocenters. The number of Topliss-reactive ketones (excluding diaryl/α,β-unsaturated/α-hetero) is 1. The van der Waals surface area contributed by atoms with Crippen molar-refractivity contribution in [3.8, 4) is 0 Å². The second-order valence-corrected chi connectivity index (χ2v) is 6.52. The maximum Gasteiger partial charge on any atom is 0.223 e. The summed E-state index contributed by atoms with van der Waals surface area (Å²) in [6.45, 7) is 4.53. The minimum absolute atomic E-state index is 0.00183. The van der Waals surface area contributed by atoms with Crippen LogP contribution in [0.3, 0.4) is 0 Å². The molecule has 24 heavy (non-hydrogen) atoms. The Morgan fingerprint density at radius 1 is 1.38 bits per heavy atom. The number of carbonyl (C=O) groups excluding carboxylic acids is 2. The minimum Gasteiger partial charge on any atom is -0.346 e. The largest absolute Gasteiger partial charge is 0.346 e. The molecule has 0 spiro atoms. The predicted molar refractivity (Wildman–Crippen MR) is 95.3 cm³/mol. The first-order valence-corrected chi connectivity index (χ1v) is 8.80. The van der Waals surface area contributed by atoms with Gasteiger partial charge in [0.2, 0.25) is 5.91 Å². The molecule has 2 rings (SSSR count). The summed E-state index contributed by atoms with van der Waals surface area (Å²) in [5.74, 6) is 0.0892. The van der Waals surface area contributed by atoms with Crippen LogP contribution in [0.15, 0.2) is 29.5 Å². The van der Waals surface area contributed by atoms with Crippen LogP contribution in [0.4, 0.5) is 0 Å². The van der Waals surface area contributed by atoms with Crippen LogP contribution < -0.4 is 11.1 Å². The van der Waals surface area contributed by atoms with Crippen molar-refractivity contribution in [2.24, 2.45) is 16.6 Å². The molecule has 1 atom stereocenters. The lowest BCUT2D eigenvalue weighted by Gasteiger charge is -2.23. The summed E-state index contributed by atoms with van der Waals surface area (Å²) in [7, 11) is 0. The van der Waals surface area contributed by atoms with E-state index in [1.165, 1.54) is 0 Å². The topological polar surface area (TPSA) is 87.8 Å². The van der Waals surface area contributed by atoms with Crippen LogP contribution in [0.5, 0.6) is 0 Å². The molecule has 1 aliphatic carbocycles. The number of hydrogen-bond donors (Lipinski definition) is 2. The van der Waals surface area contributed by atoms with Gasteiger partial charge in [-0.05, 0) is 44.7 Å². The lowest BCUT2D eigenvalue weighted by atomic mass is 10.0. The van der Waals surface area contributed by atoms with Crippen molar-refractivity contribution in [1.29, 1.82) is 0 Å². The second-order valence-electron chi connectivity index (χ2n) is 6.52. The van der Waals surface area contributed by atoms with E-state index in [0.717, 1.165) is 38.5 Å². The number of aliphatic imine (C=N–C) groups is 1. The van der Waals surface area contributed by atoms with E-state index in [0.29, 0.717) is 18.7 Å². The van der Waals surface area contributed by atoms with E-state index in [1.807, 2.05) is 0 Å². The molecular formula is C18H28N4O2. The molecule has 6 heteroatoms. The van der Waals surface area contributed by atoms with Crippen LogP contribution in [0.1, 0.15) is 44.9 Å². The summed E-state index contributed by atoms with van der Waals surface area (Å²) in [6.07, 6.45) is 11.5. The number of hydrogen-bond acceptors (Lipinski definition) is 5. The number of nitrogens with zero attached hydrogens (tertiary/aromatic N) is 2. The Labute approximate surface area is 143 Å². The van der Waals surface area contributed by atoms with E-state index in [2.05, 4.69) is 16.9 Å². The van der Waals surface area contributed by atoms with E-state index < -0.39 is 6.04 Å². The lowest BCUT2D eigenvalue weighted by molar-refractivity contribution is -0.130. The van der Waals surface area contributed by atoms with Crippen LogP contribution in [-0.2, 0) is 9.59 Å². The van der Waals surface area contributed by atoms with Gasteiger partial charge in [0.1, 0.15) is 0 Å². The molecule has 0 saturated heterocycles. The first-order chi connectivity index (χ1) is 11.6. The number of ketones is 1. The van der Waals surface area contributed by atoms with Gasteiger partial charge in [0, 0.05) is 12.1 Å². The first kappa shape index (κ1) is 18.4. The van der Waals surface area contributed by atoms with Crippen LogP contribution in [0.25, 0.3) is 0 Å². The summed E-state index contributed by atoms with van der Waals surface area (Å²) in [5.41, 5.74) is 6.20. The van der Waals surface area contributed by atoms with E-state index in [9.17, 15) is 9.59 Å². The molecule has 132 valence electrons. The number of amides is 1. The van der Waals surface area contributed by atoms with Crippen molar-refractivity contribution in [3.63, 3.8) is 0 Å². The summed E-state index contributed by atoms with van der Waals surface area (Å²) in [5, 5.41) is 2.97. The molecule has 0 aromatic heterocycles. The number of unbranched alkanes of at least 4 members (excludes halogenated alkanes) is 1. The number of allylic oxidation sites excluding steroid dienone is 1. The Kier molecular flexibility index (Phi) is 7.18. The fourth-order valence-corrected chi connectivity index (χ4v) is 3.08. The molecule has 1 amide bonds. The number of nitrogens with one attached hydrogen (secondary N) is 1. The Balaban J connectivity index is 1.91. The third kappa shape index (κ3) is 5.60. The molecule has 0 bridgehead atoms. The fraction of sp³-hybridized carbons (Fsp3) is 0.611. The minimum atomic E-state index is -0.448. The van der Waals surface area contributed by atoms with Crippen molar-refractivity contribution >= 4 is 18.0 Å². The van der Waals surface area contributed by atoms with Crippen LogP contribution >= 0.6 is 0 Å². The standard InChI is InChI=1S/C18H28N4O2/c1-14-9-11-22(13-20-14)12-17(23)16(8-4-5-10-19)21-18(24)15-6-2-3-7-15/h9,11,13,15-16H,1-8,10,12,19H2,(H,21,24). The van der Waals surface area contributed by atoms with Crippen molar-refractivity contribution in [3.05, 3.63) is 24.6 Å². The number of nitrogens with two attached hydrogens (primary N) is 1. The molecule has 3 N–H and O–H groups in total. The van der Waals surface area contributed by atoms with Crippen molar-refractivity contribution in [2.45, 2.75) is 51.0 Å². The Bertz CT molecular complexity index is 505. The Morgan fingerprint density at radius 2 is 2.12 bits per heavy atom. The van der Waals surface area contributed by atoms with Gasteiger partial charge >= 0.3 is 0 Å². The Morgan fingerprint density at radius 3 is 2.75 bits per heavy atom. The highest BCUT2D eigenvalue weighted by Gasteiger charge is 2.27. The highest BCUT2D eigenvalue weighted by Crippen LogP contribution is 2.25. The van der Waals surface area contributed by atoms with Gasteiger partial charge in [0.05, 0.1) is 24.6 Å². The molecule has 0 aromatic rings. The third-order valence-corrected chi connectivity index (χ3v) is 4.55. The van der Waals surface area contributed by atoms with Gasteiger partial charge < -0.3 is 16.0 Å². The fourth-order valence-electron chi connectivity index (χ4n) is 3.08. The molecular weight excluding hydrogens is 304 g/mol. The highest BCUT2D eigenvalue weighted by molar-refractivity contribution is 5.92. The summed E-state index contributed by atoms with van der Waals surface area (Å²) >= 11 is 0. The zero-order chi connectivity index (χ0) is 17.4. The van der Waals surface area contributed by atoms with E-state index in [-0.39, 0.29) is 24.2 Å². The molecule has 1 saturated carbocycles. The summed E-state index contributed by atoms with van der Waals surface area (Å²) < 4.78 is 0. The summed E-state index contributed by atoms with van der Waals surface area (Å²) in [6, 6.07) is -0.448.